The average Bonchev–Trinajstić information content (AvgIpc) is 2.78. The normalized spacial score (nSPS) is 12.7. The molecule has 0 fully saturated rings. The molecule has 0 unspecified atom stereocenters. The van der Waals surface area contributed by atoms with Crippen molar-refractivity contribution in [3.05, 3.63) is 29.4 Å². The van der Waals surface area contributed by atoms with Crippen LogP contribution in [0.25, 0.3) is 10.7 Å². The maximum atomic E-state index is 4.26. The van der Waals surface area contributed by atoms with Gasteiger partial charge in [-0.1, -0.05) is 31.3 Å². The molecule has 2 aromatic heterocycles. The second-order valence-electron chi connectivity index (χ2n) is 3.47. The van der Waals surface area contributed by atoms with Gasteiger partial charge >= 0.3 is 0 Å². The van der Waals surface area contributed by atoms with Crippen molar-refractivity contribution in [2.45, 2.75) is 26.2 Å². The third kappa shape index (κ3) is 2.21. The van der Waals surface area contributed by atoms with E-state index in [1.165, 1.54) is 0 Å². The monoisotopic (exact) mass is 219 g/mol. The van der Waals surface area contributed by atoms with Crippen LogP contribution in [0.3, 0.4) is 0 Å². The Morgan fingerprint density at radius 1 is 1.33 bits per heavy atom. The van der Waals surface area contributed by atoms with Crippen molar-refractivity contribution < 1.29 is 0 Å². The lowest BCUT2D eigenvalue weighted by atomic mass is 10.1. The third-order valence-corrected chi connectivity index (χ3v) is 3.54. The standard InChI is InChI=1S/C11H13N3S/c1-3-8(2)10-13-14-11(15-10)9-6-4-5-7-12-9/h4-8H,3H2,1-2H3/t8-/m1/s1. The fraction of sp³-hybridized carbons (Fsp3) is 0.364. The van der Waals surface area contributed by atoms with Crippen molar-refractivity contribution in [2.24, 2.45) is 0 Å². The second-order valence-corrected chi connectivity index (χ2v) is 4.48. The van der Waals surface area contributed by atoms with Crippen LogP contribution in [0, 0.1) is 0 Å². The zero-order chi connectivity index (χ0) is 10.7. The summed E-state index contributed by atoms with van der Waals surface area (Å²) in [5.41, 5.74) is 0.907. The lowest BCUT2D eigenvalue weighted by molar-refractivity contribution is 0.715. The first-order valence-electron chi connectivity index (χ1n) is 5.06. The van der Waals surface area contributed by atoms with Crippen LogP contribution in [0.4, 0.5) is 0 Å². The Labute approximate surface area is 93.2 Å². The van der Waals surface area contributed by atoms with Crippen molar-refractivity contribution in [1.82, 2.24) is 15.2 Å². The molecular weight excluding hydrogens is 206 g/mol. The first-order chi connectivity index (χ1) is 7.31. The van der Waals surface area contributed by atoms with Crippen molar-refractivity contribution >= 4 is 11.3 Å². The smallest absolute Gasteiger partial charge is 0.166 e. The van der Waals surface area contributed by atoms with E-state index in [4.69, 9.17) is 0 Å². The molecule has 0 saturated carbocycles. The van der Waals surface area contributed by atoms with Gasteiger partial charge in [-0.15, -0.1) is 10.2 Å². The summed E-state index contributed by atoms with van der Waals surface area (Å²) in [5, 5.41) is 10.4. The van der Waals surface area contributed by atoms with E-state index >= 15 is 0 Å². The molecule has 0 bridgehead atoms. The molecule has 3 nitrogen and oxygen atoms in total. The minimum Gasteiger partial charge on any atom is -0.254 e. The van der Waals surface area contributed by atoms with E-state index in [2.05, 4.69) is 29.0 Å². The van der Waals surface area contributed by atoms with Crippen LogP contribution in [0.1, 0.15) is 31.2 Å². The van der Waals surface area contributed by atoms with Crippen LogP contribution in [0.2, 0.25) is 0 Å². The molecule has 0 saturated heterocycles. The fourth-order valence-electron chi connectivity index (χ4n) is 1.20. The molecule has 15 heavy (non-hydrogen) atoms. The third-order valence-electron chi connectivity index (χ3n) is 2.36. The first-order valence-corrected chi connectivity index (χ1v) is 5.87. The van der Waals surface area contributed by atoms with Gasteiger partial charge in [0.25, 0.3) is 0 Å². The Morgan fingerprint density at radius 2 is 2.20 bits per heavy atom. The summed E-state index contributed by atoms with van der Waals surface area (Å²) in [4.78, 5) is 4.26. The Bertz CT molecular complexity index is 424. The van der Waals surface area contributed by atoms with E-state index < -0.39 is 0 Å². The minimum absolute atomic E-state index is 0.486. The van der Waals surface area contributed by atoms with Crippen molar-refractivity contribution in [2.75, 3.05) is 0 Å². The summed E-state index contributed by atoms with van der Waals surface area (Å²) in [6.45, 7) is 4.33. The molecule has 2 rings (SSSR count). The van der Waals surface area contributed by atoms with Gasteiger partial charge in [-0.2, -0.15) is 0 Å². The molecule has 0 amide bonds. The number of rotatable bonds is 3. The summed E-state index contributed by atoms with van der Waals surface area (Å²) in [6.07, 6.45) is 2.87. The molecule has 0 aromatic carbocycles. The Hall–Kier alpha value is -1.29. The quantitative estimate of drug-likeness (QED) is 0.796. The predicted molar refractivity (Wildman–Crippen MR) is 61.8 cm³/mol. The van der Waals surface area contributed by atoms with Crippen molar-refractivity contribution in [1.29, 1.82) is 0 Å². The average molecular weight is 219 g/mol. The lowest BCUT2D eigenvalue weighted by Gasteiger charge is -1.99. The Balaban J connectivity index is 2.28. The van der Waals surface area contributed by atoms with Crippen LogP contribution in [-0.4, -0.2) is 15.2 Å². The maximum Gasteiger partial charge on any atom is 0.166 e. The Kier molecular flexibility index (Phi) is 3.06. The largest absolute Gasteiger partial charge is 0.254 e. The van der Waals surface area contributed by atoms with E-state index in [-0.39, 0.29) is 0 Å². The molecule has 0 aliphatic rings. The zero-order valence-electron chi connectivity index (χ0n) is 8.84. The molecular formula is C11H13N3S. The van der Waals surface area contributed by atoms with Crippen LogP contribution in [0.15, 0.2) is 24.4 Å². The van der Waals surface area contributed by atoms with E-state index in [0.717, 1.165) is 22.1 Å². The highest BCUT2D eigenvalue weighted by Gasteiger charge is 2.11. The summed E-state index contributed by atoms with van der Waals surface area (Å²) in [6, 6.07) is 5.83. The van der Waals surface area contributed by atoms with Crippen LogP contribution < -0.4 is 0 Å². The fourth-order valence-corrected chi connectivity index (χ4v) is 2.16. The topological polar surface area (TPSA) is 38.7 Å². The molecule has 0 aliphatic heterocycles. The van der Waals surface area contributed by atoms with E-state index in [9.17, 15) is 0 Å². The molecule has 0 aliphatic carbocycles. The van der Waals surface area contributed by atoms with Gasteiger partial charge in [-0.3, -0.25) is 4.98 Å². The number of hydrogen-bond acceptors (Lipinski definition) is 4. The van der Waals surface area contributed by atoms with Crippen LogP contribution in [-0.2, 0) is 0 Å². The highest BCUT2D eigenvalue weighted by molar-refractivity contribution is 7.14. The van der Waals surface area contributed by atoms with Gasteiger partial charge in [0.1, 0.15) is 10.7 Å². The molecule has 4 heteroatoms. The maximum absolute atomic E-state index is 4.26. The SMILES string of the molecule is CC[C@@H](C)c1nnc(-c2ccccn2)s1. The number of pyridine rings is 1. The first kappa shape index (κ1) is 10.2. The second kappa shape index (κ2) is 4.49. The summed E-state index contributed by atoms with van der Waals surface area (Å²) in [5.74, 6) is 0.486. The van der Waals surface area contributed by atoms with E-state index in [0.29, 0.717) is 5.92 Å². The van der Waals surface area contributed by atoms with Gasteiger partial charge in [0, 0.05) is 12.1 Å². The summed E-state index contributed by atoms with van der Waals surface area (Å²) < 4.78 is 0. The summed E-state index contributed by atoms with van der Waals surface area (Å²) in [7, 11) is 0. The number of aromatic nitrogens is 3. The Morgan fingerprint density at radius 3 is 2.87 bits per heavy atom. The molecule has 78 valence electrons. The van der Waals surface area contributed by atoms with Gasteiger partial charge in [0.15, 0.2) is 5.01 Å². The number of nitrogens with zero attached hydrogens (tertiary/aromatic N) is 3. The van der Waals surface area contributed by atoms with Gasteiger partial charge in [0.2, 0.25) is 0 Å². The lowest BCUT2D eigenvalue weighted by Crippen LogP contribution is -1.88. The molecule has 0 radical (unpaired) electrons. The molecule has 0 N–H and O–H groups in total. The summed E-state index contributed by atoms with van der Waals surface area (Å²) >= 11 is 1.63. The van der Waals surface area contributed by atoms with Gasteiger partial charge in [-0.05, 0) is 18.6 Å². The molecule has 0 spiro atoms. The predicted octanol–water partition coefficient (Wildman–Crippen LogP) is 3.11. The van der Waals surface area contributed by atoms with Gasteiger partial charge in [0.05, 0.1) is 0 Å². The van der Waals surface area contributed by atoms with Gasteiger partial charge in [-0.25, -0.2) is 0 Å². The van der Waals surface area contributed by atoms with Crippen LogP contribution >= 0.6 is 11.3 Å². The van der Waals surface area contributed by atoms with Gasteiger partial charge < -0.3 is 0 Å². The van der Waals surface area contributed by atoms with Crippen LogP contribution in [0.5, 0.6) is 0 Å². The zero-order valence-corrected chi connectivity index (χ0v) is 9.66. The highest BCUT2D eigenvalue weighted by Crippen LogP contribution is 2.27. The molecule has 2 heterocycles. The van der Waals surface area contributed by atoms with E-state index in [1.807, 2.05) is 18.2 Å². The van der Waals surface area contributed by atoms with Crippen molar-refractivity contribution in [3.63, 3.8) is 0 Å². The highest BCUT2D eigenvalue weighted by atomic mass is 32.1. The molecule has 1 atom stereocenters. The molecule has 2 aromatic rings. The number of hydrogen-bond donors (Lipinski definition) is 0. The van der Waals surface area contributed by atoms with E-state index in [1.54, 1.807) is 17.5 Å². The minimum atomic E-state index is 0.486. The van der Waals surface area contributed by atoms with Crippen molar-refractivity contribution in [3.8, 4) is 10.7 Å².